The maximum atomic E-state index is 15.1. The van der Waals surface area contributed by atoms with Crippen molar-refractivity contribution in [1.82, 2.24) is 50.8 Å². The van der Waals surface area contributed by atoms with E-state index in [4.69, 9.17) is 11.6 Å². The summed E-state index contributed by atoms with van der Waals surface area (Å²) in [6.07, 6.45) is 0.158. The van der Waals surface area contributed by atoms with Crippen LogP contribution in [0.5, 0.6) is 5.75 Å². The van der Waals surface area contributed by atoms with Crippen molar-refractivity contribution in [2.75, 3.05) is 103 Å². The molecule has 0 spiro atoms. The van der Waals surface area contributed by atoms with E-state index >= 15 is 4.79 Å². The van der Waals surface area contributed by atoms with Gasteiger partial charge in [-0.15, -0.1) is 0 Å². The van der Waals surface area contributed by atoms with E-state index in [2.05, 4.69) is 41.0 Å². The van der Waals surface area contributed by atoms with Crippen LogP contribution in [-0.2, 0) is 60.8 Å². The predicted octanol–water partition coefficient (Wildman–Crippen LogP) is 3.00. The van der Waals surface area contributed by atoms with Crippen molar-refractivity contribution in [3.8, 4) is 5.75 Å². The zero-order valence-corrected chi connectivity index (χ0v) is 54.1. The van der Waals surface area contributed by atoms with Crippen LogP contribution in [-0.4, -0.2) is 242 Å². The largest absolute Gasteiger partial charge is 0.506 e. The smallest absolute Gasteiger partial charge is 0.317 e. The molecule has 7 rings (SSSR count). The van der Waals surface area contributed by atoms with E-state index in [-0.39, 0.29) is 80.1 Å². The number of rotatable bonds is 19. The number of nitrogens with zero attached hydrogens (tertiary/aromatic N) is 5. The lowest BCUT2D eigenvalue weighted by atomic mass is 9.90. The van der Waals surface area contributed by atoms with Gasteiger partial charge in [-0.2, -0.15) is 0 Å². The molecule has 27 heteroatoms. The lowest BCUT2D eigenvalue weighted by Gasteiger charge is -2.35. The lowest BCUT2D eigenvalue weighted by molar-refractivity contribution is -0.142. The Bertz CT molecular complexity index is 3010. The number of hydrogen-bond donors (Lipinski definition) is 9. The van der Waals surface area contributed by atoms with E-state index in [1.165, 1.54) is 39.8 Å². The number of ketones is 3. The summed E-state index contributed by atoms with van der Waals surface area (Å²) in [5, 5.41) is 53.1. The van der Waals surface area contributed by atoms with Crippen LogP contribution < -0.4 is 21.3 Å². The zero-order valence-electron chi connectivity index (χ0n) is 51.7. The molecule has 2 unspecified atom stereocenters. The Morgan fingerprint density at radius 1 is 0.800 bits per heavy atom. The van der Waals surface area contributed by atoms with Crippen LogP contribution in [0.3, 0.4) is 0 Å². The van der Waals surface area contributed by atoms with Gasteiger partial charge >= 0.3 is 11.9 Å². The highest BCUT2D eigenvalue weighted by atomic mass is 35.5. The van der Waals surface area contributed by atoms with Crippen LogP contribution >= 0.6 is 33.2 Å². The van der Waals surface area contributed by atoms with Crippen LogP contribution in [0.25, 0.3) is 10.9 Å². The molecule has 4 aliphatic rings. The fourth-order valence-corrected chi connectivity index (χ4v) is 15.0. The van der Waals surface area contributed by atoms with Gasteiger partial charge < -0.3 is 61.4 Å². The molecule has 0 aliphatic carbocycles. The van der Waals surface area contributed by atoms with E-state index in [1.807, 2.05) is 43.0 Å². The quantitative estimate of drug-likeness (QED) is 0.0779. The Morgan fingerprint density at radius 2 is 1.48 bits per heavy atom. The Kier molecular flexibility index (Phi) is 27.8. The van der Waals surface area contributed by atoms with Crippen LogP contribution in [0.15, 0.2) is 48.7 Å². The number of nitrogens with one attached hydrogen (secondary N) is 5. The average Bonchev–Trinajstić information content (AvgIpc) is 1.77. The molecule has 1 aromatic heterocycles. The molecular formula is C63H89ClN10O14S2. The number of carboxylic acids is 2. The first-order valence-corrected chi connectivity index (χ1v) is 34.2. The average molecular weight is 1310 g/mol. The van der Waals surface area contributed by atoms with Crippen LogP contribution in [0.4, 0.5) is 0 Å². The fourth-order valence-electron chi connectivity index (χ4n) is 12.3. The van der Waals surface area contributed by atoms with Crippen LogP contribution in [0, 0.1) is 23.7 Å². The highest BCUT2D eigenvalue weighted by Crippen LogP contribution is 2.31. The number of halogens is 1. The number of benzene rings is 2. The molecular weight excluding hydrogens is 1220 g/mol. The maximum Gasteiger partial charge on any atom is 0.317 e. The van der Waals surface area contributed by atoms with Crippen LogP contribution in [0.2, 0.25) is 5.02 Å². The second-order valence-corrected chi connectivity index (χ2v) is 27.9. The van der Waals surface area contributed by atoms with Gasteiger partial charge in [0.1, 0.15) is 11.8 Å². The van der Waals surface area contributed by atoms with Crippen LogP contribution in [0.1, 0.15) is 89.7 Å². The Morgan fingerprint density at radius 3 is 2.16 bits per heavy atom. The molecule has 4 aliphatic heterocycles. The number of H-pyrrole nitrogens is 1. The number of fused-ring (bicyclic) bond motifs is 5. The molecule has 2 aromatic carbocycles. The first-order valence-electron chi connectivity index (χ1n) is 31.3. The molecule has 90 heavy (non-hydrogen) atoms. The van der Waals surface area contributed by atoms with Gasteiger partial charge in [0.25, 0.3) is 0 Å². The van der Waals surface area contributed by atoms with Crippen molar-refractivity contribution in [3.05, 3.63) is 64.8 Å². The molecule has 494 valence electrons. The van der Waals surface area contributed by atoms with Gasteiger partial charge in [-0.25, -0.2) is 0 Å². The number of carboxylic acid groups (broad SMARTS) is 2. The first kappa shape index (κ1) is 71.3. The number of aliphatic hydroxyl groups excluding tert-OH is 1. The summed E-state index contributed by atoms with van der Waals surface area (Å²) in [6.45, 7) is 11.7. The molecule has 0 saturated carbocycles. The highest BCUT2D eigenvalue weighted by molar-refractivity contribution is 8.76. The van der Waals surface area contributed by atoms with Gasteiger partial charge in [-0.05, 0) is 93.9 Å². The summed E-state index contributed by atoms with van der Waals surface area (Å²) in [5.74, 6) is -9.92. The van der Waals surface area contributed by atoms with Crippen molar-refractivity contribution < 1.29 is 68.4 Å². The van der Waals surface area contributed by atoms with Gasteiger partial charge in [-0.1, -0.05) is 71.3 Å². The van der Waals surface area contributed by atoms with Gasteiger partial charge in [0.05, 0.1) is 42.8 Å². The predicted molar refractivity (Wildman–Crippen MR) is 343 cm³/mol. The minimum atomic E-state index is -1.42. The molecule has 5 amide bonds. The molecule has 2 bridgehead atoms. The summed E-state index contributed by atoms with van der Waals surface area (Å²) in [4.78, 5) is 152. The molecule has 3 aromatic rings. The third-order valence-corrected chi connectivity index (χ3v) is 20.0. The number of aliphatic hydroxyl groups is 1. The maximum absolute atomic E-state index is 15.1. The summed E-state index contributed by atoms with van der Waals surface area (Å²) >= 11 is 6.25. The third-order valence-electron chi connectivity index (χ3n) is 17.1. The van der Waals surface area contributed by atoms with E-state index in [0.717, 1.165) is 54.8 Å². The summed E-state index contributed by atoms with van der Waals surface area (Å²) in [7, 11) is 2.46. The van der Waals surface area contributed by atoms with Crippen molar-refractivity contribution in [2.45, 2.75) is 122 Å². The van der Waals surface area contributed by atoms with Crippen molar-refractivity contribution >= 4 is 103 Å². The number of phenols is 1. The lowest BCUT2D eigenvalue weighted by Crippen LogP contribution is -2.54. The number of phenolic OH excluding ortho intramolecular Hbond substituents is 1. The Labute approximate surface area is 538 Å². The minimum absolute atomic E-state index is 0.00528. The Balaban J connectivity index is 1.13. The van der Waals surface area contributed by atoms with Gasteiger partial charge in [-0.3, -0.25) is 57.7 Å². The van der Waals surface area contributed by atoms with Gasteiger partial charge in [0.15, 0.2) is 17.3 Å². The SMILES string of the molecule is CC(C)C[C@@H]1CC(=O)CNC(=O)[C@H](Cc2ccc(O)c(Cl)c2)CC(=O)[C@@H]2C[C@@H](O)CN2C(=O)[C@@H](NC(=O)[C@@H](CCC(=O)O)CC(=O)[C@H](Cc2c[nH]c3ccccc23)NC(=O)CN2CCCN3CCN(CCCN(CC(=O)O)CC3)CC2)CSSC[C@@H](C)NC1=O. The molecule has 0 radical (unpaired) electrons. The number of aromatic amines is 1. The second kappa shape index (κ2) is 35.1. The summed E-state index contributed by atoms with van der Waals surface area (Å²) in [5.41, 5.74) is 1.98. The number of carbonyl (C=O) groups excluding carboxylic acids is 8. The fraction of sp³-hybridized carbons (Fsp3) is 0.619. The Hall–Kier alpha value is -6.13. The first-order chi connectivity index (χ1) is 43.0. The number of para-hydroxylation sites is 1. The van der Waals surface area contributed by atoms with Crippen molar-refractivity contribution in [1.29, 1.82) is 0 Å². The van der Waals surface area contributed by atoms with E-state index in [0.29, 0.717) is 62.6 Å². The molecule has 9 N–H and O–H groups in total. The minimum Gasteiger partial charge on any atom is -0.506 e. The summed E-state index contributed by atoms with van der Waals surface area (Å²) in [6, 6.07) is 7.45. The zero-order chi connectivity index (χ0) is 65.0. The topological polar surface area (TPSA) is 332 Å². The standard InChI is InChI=1S/C63H89ClN10O14S2/c1-39(2)24-43-27-46(75)33-66-60(85)44(25-41-10-12-54(77)49(64)26-41)30-56(79)53-31-47(76)34-74(53)63(88)52(38-90-89-37-40(3)67-62(43)87)69-61(86)42(11-13-58(81)82)29-55(78)51(28-45-32-65-50-9-5-4-8-48(45)50)68-57(80)35-72-16-6-14-71-19-18-70(20-22-72)15-7-17-73(23-21-71)36-59(83)84/h4-5,8-10,12,26,32,39-40,42-44,47,51-53,65,76-77H,6-7,11,13-25,27-31,33-38H2,1-3H3,(H,66,85)(H,67,87)(H,68,80)(H,69,86)(H,81,82)(H,83,84)/t40-,42+,43-,44-,47-,51+,52+,53+/m1/s1. The molecule has 10 atom stereocenters. The number of aromatic nitrogens is 1. The van der Waals surface area contributed by atoms with E-state index in [1.54, 1.807) is 13.1 Å². The van der Waals surface area contributed by atoms with E-state index < -0.39 is 127 Å². The van der Waals surface area contributed by atoms with E-state index in [9.17, 15) is 63.6 Å². The number of hydrogen-bond acceptors (Lipinski definition) is 18. The number of carbonyl (C=O) groups is 10. The summed E-state index contributed by atoms with van der Waals surface area (Å²) < 4.78 is 0. The number of amides is 5. The number of Topliss-reactive ketones (excluding diaryl/α,β-unsaturated/α-hetero) is 3. The highest BCUT2D eigenvalue weighted by Gasteiger charge is 2.43. The van der Waals surface area contributed by atoms with Gasteiger partial charge in [0, 0.05) is 143 Å². The monoisotopic (exact) mass is 1310 g/mol. The van der Waals surface area contributed by atoms with Crippen molar-refractivity contribution in [3.63, 3.8) is 0 Å². The van der Waals surface area contributed by atoms with Crippen molar-refractivity contribution in [2.24, 2.45) is 23.7 Å². The molecule has 4 saturated heterocycles. The third kappa shape index (κ3) is 22.3. The molecule has 4 fully saturated rings. The number of aromatic hydroxyl groups is 1. The second-order valence-electron chi connectivity index (χ2n) is 24.9. The molecule has 24 nitrogen and oxygen atoms in total. The van der Waals surface area contributed by atoms with Gasteiger partial charge in [0.2, 0.25) is 29.5 Å². The normalized spacial score (nSPS) is 25.4. The molecule has 5 heterocycles. The number of aliphatic carboxylic acids is 2.